The number of imidazole rings is 1. The van der Waals surface area contributed by atoms with Crippen molar-refractivity contribution in [1.82, 2.24) is 9.38 Å². The molecule has 3 nitrogen and oxygen atoms in total. The Morgan fingerprint density at radius 2 is 0.980 bits per heavy atom. The van der Waals surface area contributed by atoms with Crippen molar-refractivity contribution in [2.24, 2.45) is 0 Å². The van der Waals surface area contributed by atoms with Gasteiger partial charge in [-0.05, 0) is 80.9 Å². The van der Waals surface area contributed by atoms with Crippen molar-refractivity contribution < 1.29 is 4.57 Å². The molecule has 0 spiro atoms. The van der Waals surface area contributed by atoms with Crippen molar-refractivity contribution in [2.75, 3.05) is 0 Å². The fourth-order valence-electron chi connectivity index (χ4n) is 7.70. The Bertz CT molecular complexity index is 2960. The Balaban J connectivity index is 1.06. The molecule has 0 aliphatic heterocycles. The average molecular weight is 671 g/mol. The Labute approximate surface area is 295 Å². The molecule has 0 aliphatic carbocycles. The van der Waals surface area contributed by atoms with Crippen LogP contribution in [0.2, 0.25) is 0 Å². The third kappa shape index (κ3) is 4.74. The van der Waals surface area contributed by atoms with Crippen LogP contribution in [0.4, 0.5) is 0 Å². The van der Waals surface area contributed by atoms with E-state index in [0.29, 0.717) is 0 Å². The molecule has 2 aromatic heterocycles. The first kappa shape index (κ1) is 29.6. The topological polar surface area (TPSA) is 34.4 Å². The van der Waals surface area contributed by atoms with Crippen LogP contribution < -0.4 is 15.9 Å². The molecule has 0 amide bonds. The summed E-state index contributed by atoms with van der Waals surface area (Å²) in [7, 11) is -3.05. The second-order valence-corrected chi connectivity index (χ2v) is 15.9. The summed E-state index contributed by atoms with van der Waals surface area (Å²) in [4.78, 5) is 5.12. The Kier molecular flexibility index (Phi) is 6.77. The van der Waals surface area contributed by atoms with Crippen LogP contribution in [0, 0.1) is 0 Å². The normalized spacial score (nSPS) is 12.0. The van der Waals surface area contributed by atoms with Gasteiger partial charge >= 0.3 is 0 Å². The van der Waals surface area contributed by atoms with Crippen molar-refractivity contribution in [3.63, 3.8) is 0 Å². The molecule has 2 heterocycles. The summed E-state index contributed by atoms with van der Waals surface area (Å²) >= 11 is 0. The highest BCUT2D eigenvalue weighted by Crippen LogP contribution is 2.43. The van der Waals surface area contributed by atoms with Gasteiger partial charge in [-0.1, -0.05) is 146 Å². The molecule has 4 heteroatoms. The SMILES string of the molecule is O=P(c1ccccc1)(c1ccccc1)c1ccc2cc(-c3cccc(-c4ccc5c6ccccc6n6c7ccccc7nc6c5c4)c3)ccc2c1. The molecule has 0 fully saturated rings. The van der Waals surface area contributed by atoms with Gasteiger partial charge in [0.25, 0.3) is 0 Å². The largest absolute Gasteiger partial charge is 0.309 e. The van der Waals surface area contributed by atoms with Crippen LogP contribution in [0.5, 0.6) is 0 Å². The van der Waals surface area contributed by atoms with E-state index >= 15 is 0 Å². The maximum Gasteiger partial charge on any atom is 0.171 e. The summed E-state index contributed by atoms with van der Waals surface area (Å²) in [6.07, 6.45) is 0. The van der Waals surface area contributed by atoms with Gasteiger partial charge in [-0.2, -0.15) is 0 Å². The van der Waals surface area contributed by atoms with Crippen LogP contribution in [0.3, 0.4) is 0 Å². The first-order valence-electron chi connectivity index (χ1n) is 17.2. The van der Waals surface area contributed by atoms with Gasteiger partial charge in [-0.3, -0.25) is 4.40 Å². The highest BCUT2D eigenvalue weighted by Gasteiger charge is 2.29. The van der Waals surface area contributed by atoms with Gasteiger partial charge in [0.05, 0.1) is 16.6 Å². The molecule has 0 saturated carbocycles. The minimum absolute atomic E-state index is 0.839. The van der Waals surface area contributed by atoms with Crippen molar-refractivity contribution in [3.8, 4) is 22.3 Å². The van der Waals surface area contributed by atoms with Crippen molar-refractivity contribution in [1.29, 1.82) is 0 Å². The number of pyridine rings is 1. The minimum atomic E-state index is -3.05. The summed E-state index contributed by atoms with van der Waals surface area (Å²) in [5.41, 5.74) is 8.83. The number of hydrogen-bond donors (Lipinski definition) is 0. The Morgan fingerprint density at radius 3 is 1.75 bits per heavy atom. The zero-order valence-corrected chi connectivity index (χ0v) is 28.5. The second-order valence-electron chi connectivity index (χ2n) is 13.1. The Hall–Kier alpha value is -6.28. The third-order valence-electron chi connectivity index (χ3n) is 10.2. The highest BCUT2D eigenvalue weighted by molar-refractivity contribution is 7.85. The maximum atomic E-state index is 15.0. The van der Waals surface area contributed by atoms with E-state index in [1.165, 1.54) is 10.8 Å². The van der Waals surface area contributed by atoms with Gasteiger partial charge in [-0.15, -0.1) is 0 Å². The lowest BCUT2D eigenvalue weighted by Gasteiger charge is -2.20. The first-order chi connectivity index (χ1) is 25.1. The molecule has 10 rings (SSSR count). The van der Waals surface area contributed by atoms with Crippen LogP contribution in [-0.4, -0.2) is 9.38 Å². The number of benzene rings is 8. The summed E-state index contributed by atoms with van der Waals surface area (Å²) in [5.74, 6) is 0. The lowest BCUT2D eigenvalue weighted by Crippen LogP contribution is -2.24. The maximum absolute atomic E-state index is 15.0. The standard InChI is InChI=1S/C47H31N2OP/c50-51(38-14-3-1-4-15-38,39-16-5-2-6-17-39)40-26-24-35-29-34(22-23-36(35)30-40)32-12-11-13-33(28-32)37-25-27-41-42-18-7-9-20-45(42)49-46-21-10-8-19-44(46)48-47(49)43(41)31-37/h1-31H. The number of aromatic nitrogens is 2. The van der Waals surface area contributed by atoms with Crippen LogP contribution >= 0.6 is 7.14 Å². The van der Waals surface area contributed by atoms with Crippen molar-refractivity contribution >= 4 is 72.2 Å². The van der Waals surface area contributed by atoms with Crippen LogP contribution in [0.25, 0.3) is 71.4 Å². The van der Waals surface area contributed by atoms with Crippen LogP contribution in [0.1, 0.15) is 0 Å². The zero-order valence-electron chi connectivity index (χ0n) is 27.6. The minimum Gasteiger partial charge on any atom is -0.309 e. The van der Waals surface area contributed by atoms with Crippen LogP contribution in [0.15, 0.2) is 188 Å². The lowest BCUT2D eigenvalue weighted by atomic mass is 9.95. The van der Waals surface area contributed by atoms with Gasteiger partial charge in [0, 0.05) is 26.7 Å². The molecule has 0 radical (unpaired) electrons. The van der Waals surface area contributed by atoms with Crippen molar-refractivity contribution in [2.45, 2.75) is 0 Å². The fraction of sp³-hybridized carbons (Fsp3) is 0. The predicted octanol–water partition coefficient (Wildman–Crippen LogP) is 10.9. The molecular weight excluding hydrogens is 640 g/mol. The molecular formula is C47H31N2OP. The summed E-state index contributed by atoms with van der Waals surface area (Å²) in [6.45, 7) is 0. The summed E-state index contributed by atoms with van der Waals surface area (Å²) in [5, 5.41) is 8.25. The van der Waals surface area contributed by atoms with Crippen LogP contribution in [-0.2, 0) is 4.57 Å². The molecule has 0 unspecified atom stereocenters. The van der Waals surface area contributed by atoms with Gasteiger partial charge in [0.2, 0.25) is 0 Å². The van der Waals surface area contributed by atoms with E-state index in [0.717, 1.165) is 76.5 Å². The number of rotatable bonds is 5. The van der Waals surface area contributed by atoms with Crippen molar-refractivity contribution in [3.05, 3.63) is 188 Å². The molecule has 0 aliphatic rings. The van der Waals surface area contributed by atoms with Gasteiger partial charge in [0.15, 0.2) is 7.14 Å². The fourth-order valence-corrected chi connectivity index (χ4v) is 10.4. The number of hydrogen-bond acceptors (Lipinski definition) is 2. The summed E-state index contributed by atoms with van der Waals surface area (Å²) in [6, 6.07) is 65.0. The quantitative estimate of drug-likeness (QED) is 0.135. The molecule has 0 atom stereocenters. The van der Waals surface area contributed by atoms with Gasteiger partial charge < -0.3 is 4.57 Å². The smallest absolute Gasteiger partial charge is 0.171 e. The van der Waals surface area contributed by atoms with E-state index in [2.05, 4.69) is 126 Å². The van der Waals surface area contributed by atoms with E-state index in [1.54, 1.807) is 0 Å². The molecule has 51 heavy (non-hydrogen) atoms. The zero-order chi connectivity index (χ0) is 33.9. The lowest BCUT2D eigenvalue weighted by molar-refractivity contribution is 0.592. The van der Waals surface area contributed by atoms with E-state index in [-0.39, 0.29) is 0 Å². The number of fused-ring (bicyclic) bond motifs is 9. The van der Waals surface area contributed by atoms with Gasteiger partial charge in [0.1, 0.15) is 5.65 Å². The number of nitrogens with zero attached hydrogens (tertiary/aromatic N) is 2. The second kappa shape index (κ2) is 11.7. The molecule has 0 N–H and O–H groups in total. The molecule has 8 aromatic carbocycles. The number of para-hydroxylation sites is 3. The Morgan fingerprint density at radius 1 is 0.392 bits per heavy atom. The van der Waals surface area contributed by atoms with E-state index < -0.39 is 7.14 Å². The first-order valence-corrected chi connectivity index (χ1v) is 18.9. The van der Waals surface area contributed by atoms with E-state index in [1.807, 2.05) is 66.7 Å². The summed E-state index contributed by atoms with van der Waals surface area (Å²) < 4.78 is 17.3. The molecule has 240 valence electrons. The third-order valence-corrected chi connectivity index (χ3v) is 13.3. The highest BCUT2D eigenvalue weighted by atomic mass is 31.2. The predicted molar refractivity (Wildman–Crippen MR) is 215 cm³/mol. The van der Waals surface area contributed by atoms with E-state index in [9.17, 15) is 4.57 Å². The van der Waals surface area contributed by atoms with E-state index in [4.69, 9.17) is 4.98 Å². The average Bonchev–Trinajstić information content (AvgIpc) is 3.61. The van der Waals surface area contributed by atoms with Gasteiger partial charge in [-0.25, -0.2) is 4.98 Å². The molecule has 10 aromatic rings. The molecule has 0 bridgehead atoms. The molecule has 0 saturated heterocycles. The monoisotopic (exact) mass is 670 g/mol.